The van der Waals surface area contributed by atoms with Gasteiger partial charge in [0.05, 0.1) is 16.3 Å². The number of rotatable bonds is 3. The van der Waals surface area contributed by atoms with Crippen LogP contribution in [0.3, 0.4) is 0 Å². The van der Waals surface area contributed by atoms with Crippen LogP contribution in [0.1, 0.15) is 11.4 Å². The van der Waals surface area contributed by atoms with Crippen molar-refractivity contribution < 1.29 is 0 Å². The van der Waals surface area contributed by atoms with Crippen molar-refractivity contribution in [1.29, 1.82) is 0 Å². The van der Waals surface area contributed by atoms with Gasteiger partial charge in [0.25, 0.3) is 0 Å². The summed E-state index contributed by atoms with van der Waals surface area (Å²) >= 11 is 5.07. The quantitative estimate of drug-likeness (QED) is 0.911. The van der Waals surface area contributed by atoms with E-state index in [-0.39, 0.29) is 0 Å². The van der Waals surface area contributed by atoms with Gasteiger partial charge in [-0.15, -0.1) is 11.3 Å². The molecule has 0 bridgehead atoms. The molecule has 1 saturated heterocycles. The summed E-state index contributed by atoms with van der Waals surface area (Å²) in [5.74, 6) is 2.98. The Morgan fingerprint density at radius 2 is 2.39 bits per heavy atom. The van der Waals surface area contributed by atoms with Gasteiger partial charge in [0, 0.05) is 17.2 Å². The molecule has 2 aromatic rings. The maximum absolute atomic E-state index is 5.98. The minimum Gasteiger partial charge on any atom is -0.382 e. The number of nitrogens with one attached hydrogen (secondary N) is 1. The molecule has 3 rings (SSSR count). The first-order chi connectivity index (χ1) is 8.74. The number of aromatic nitrogens is 2. The normalized spacial score (nSPS) is 19.3. The molecule has 2 aromatic heterocycles. The Bertz CT molecular complexity index is 542. The van der Waals surface area contributed by atoms with E-state index in [0.29, 0.717) is 11.9 Å². The summed E-state index contributed by atoms with van der Waals surface area (Å²) in [7, 11) is 0. The van der Waals surface area contributed by atoms with E-state index in [2.05, 4.69) is 14.7 Å². The first-order valence-electron chi connectivity index (χ1n) is 5.76. The van der Waals surface area contributed by atoms with Gasteiger partial charge in [-0.3, -0.25) is 0 Å². The largest absolute Gasteiger partial charge is 0.382 e. The van der Waals surface area contributed by atoms with Crippen molar-refractivity contribution in [1.82, 2.24) is 9.36 Å². The highest BCUT2D eigenvalue weighted by atomic mass is 32.2. The summed E-state index contributed by atoms with van der Waals surface area (Å²) in [6.45, 7) is 2.00. The van der Waals surface area contributed by atoms with E-state index in [4.69, 9.17) is 5.73 Å². The van der Waals surface area contributed by atoms with Gasteiger partial charge in [0.1, 0.15) is 10.8 Å². The summed E-state index contributed by atoms with van der Waals surface area (Å²) in [4.78, 5) is 4.51. The minimum atomic E-state index is 0.535. The first kappa shape index (κ1) is 12.3. The number of aryl methyl sites for hydroxylation is 1. The third-order valence-electron chi connectivity index (χ3n) is 2.86. The fourth-order valence-electron chi connectivity index (χ4n) is 1.96. The van der Waals surface area contributed by atoms with Gasteiger partial charge >= 0.3 is 0 Å². The molecule has 1 aliphatic heterocycles. The highest BCUT2D eigenvalue weighted by molar-refractivity contribution is 7.99. The molecule has 0 saturated carbocycles. The second-order valence-electron chi connectivity index (χ2n) is 4.23. The Kier molecular flexibility index (Phi) is 3.45. The van der Waals surface area contributed by atoms with Crippen molar-refractivity contribution in [2.75, 3.05) is 22.6 Å². The van der Waals surface area contributed by atoms with Gasteiger partial charge in [-0.1, -0.05) is 0 Å². The Morgan fingerprint density at radius 3 is 3.06 bits per heavy atom. The standard InChI is InChI=1S/C11H14N4S3/c1-6-13-8(5-17-6)9-10(12)15-18-11(9)14-7-2-3-16-4-7/h5,7,14H,2-4H2,1H3,(H2,12,15). The number of hydrogen-bond acceptors (Lipinski definition) is 7. The van der Waals surface area contributed by atoms with Crippen LogP contribution in [0.4, 0.5) is 10.8 Å². The molecular formula is C11H14N4S3. The lowest BCUT2D eigenvalue weighted by atomic mass is 10.2. The van der Waals surface area contributed by atoms with Crippen LogP contribution in [0.2, 0.25) is 0 Å². The number of hydrogen-bond donors (Lipinski definition) is 2. The van der Waals surface area contributed by atoms with Crippen molar-refractivity contribution in [3.8, 4) is 11.3 Å². The molecule has 3 N–H and O–H groups in total. The topological polar surface area (TPSA) is 63.8 Å². The zero-order valence-electron chi connectivity index (χ0n) is 9.97. The Labute approximate surface area is 118 Å². The minimum absolute atomic E-state index is 0.535. The van der Waals surface area contributed by atoms with E-state index in [0.717, 1.165) is 27.0 Å². The molecule has 1 atom stereocenters. The number of anilines is 2. The Balaban J connectivity index is 1.90. The lowest BCUT2D eigenvalue weighted by molar-refractivity contribution is 0.816. The molecule has 0 aromatic carbocycles. The lowest BCUT2D eigenvalue weighted by Crippen LogP contribution is -2.17. The molecule has 3 heterocycles. The smallest absolute Gasteiger partial charge is 0.148 e. The first-order valence-corrected chi connectivity index (χ1v) is 8.56. The second-order valence-corrected chi connectivity index (χ2v) is 7.21. The molecule has 18 heavy (non-hydrogen) atoms. The van der Waals surface area contributed by atoms with Crippen molar-refractivity contribution in [3.63, 3.8) is 0 Å². The highest BCUT2D eigenvalue weighted by Crippen LogP contribution is 2.38. The summed E-state index contributed by atoms with van der Waals surface area (Å²) in [5.41, 5.74) is 7.89. The average molecular weight is 298 g/mol. The SMILES string of the molecule is Cc1nc(-c2c(N)nsc2NC2CCSC2)cs1. The maximum Gasteiger partial charge on any atom is 0.148 e. The highest BCUT2D eigenvalue weighted by Gasteiger charge is 2.21. The van der Waals surface area contributed by atoms with Crippen molar-refractivity contribution >= 4 is 45.5 Å². The zero-order chi connectivity index (χ0) is 12.5. The van der Waals surface area contributed by atoms with Crippen LogP contribution >= 0.6 is 34.6 Å². The van der Waals surface area contributed by atoms with Gasteiger partial charge < -0.3 is 11.1 Å². The number of thioether (sulfide) groups is 1. The van der Waals surface area contributed by atoms with Crippen LogP contribution in [0.15, 0.2) is 5.38 Å². The third-order valence-corrected chi connectivity index (χ3v) is 5.59. The van der Waals surface area contributed by atoms with E-state index in [9.17, 15) is 0 Å². The zero-order valence-corrected chi connectivity index (χ0v) is 12.4. The van der Waals surface area contributed by atoms with Crippen LogP contribution in [0.5, 0.6) is 0 Å². The van der Waals surface area contributed by atoms with Gasteiger partial charge in [-0.2, -0.15) is 16.1 Å². The molecule has 1 aliphatic rings. The lowest BCUT2D eigenvalue weighted by Gasteiger charge is -2.11. The van der Waals surface area contributed by atoms with Gasteiger partial charge in [-0.05, 0) is 30.6 Å². The predicted octanol–water partition coefficient (Wildman–Crippen LogP) is 3.07. The summed E-state index contributed by atoms with van der Waals surface area (Å²) in [6.07, 6.45) is 1.21. The molecule has 1 fully saturated rings. The van der Waals surface area contributed by atoms with Crippen LogP contribution in [-0.2, 0) is 0 Å². The maximum atomic E-state index is 5.98. The molecule has 96 valence electrons. The molecule has 0 amide bonds. The fraction of sp³-hybridized carbons (Fsp3) is 0.455. The van der Waals surface area contributed by atoms with Crippen LogP contribution in [-0.4, -0.2) is 26.9 Å². The fourth-order valence-corrected chi connectivity index (χ4v) is 4.52. The van der Waals surface area contributed by atoms with Crippen LogP contribution in [0, 0.1) is 6.92 Å². The molecule has 4 nitrogen and oxygen atoms in total. The summed E-state index contributed by atoms with van der Waals surface area (Å²) < 4.78 is 4.26. The van der Waals surface area contributed by atoms with E-state index in [1.807, 2.05) is 24.1 Å². The molecule has 0 spiro atoms. The molecule has 7 heteroatoms. The van der Waals surface area contributed by atoms with Gasteiger partial charge in [0.2, 0.25) is 0 Å². The number of nitrogens with zero attached hydrogens (tertiary/aromatic N) is 2. The monoisotopic (exact) mass is 298 g/mol. The second kappa shape index (κ2) is 5.07. The van der Waals surface area contributed by atoms with Crippen LogP contribution in [0.25, 0.3) is 11.3 Å². The van der Waals surface area contributed by atoms with Crippen molar-refractivity contribution in [2.45, 2.75) is 19.4 Å². The van der Waals surface area contributed by atoms with Crippen molar-refractivity contribution in [3.05, 3.63) is 10.4 Å². The Hall–Kier alpha value is -0.790. The van der Waals surface area contributed by atoms with E-state index >= 15 is 0 Å². The van der Waals surface area contributed by atoms with Gasteiger partial charge in [-0.25, -0.2) is 4.98 Å². The van der Waals surface area contributed by atoms with E-state index in [1.165, 1.54) is 23.7 Å². The number of thiazole rings is 1. The van der Waals surface area contributed by atoms with E-state index < -0.39 is 0 Å². The third kappa shape index (κ3) is 2.34. The molecule has 0 radical (unpaired) electrons. The van der Waals surface area contributed by atoms with Crippen LogP contribution < -0.4 is 11.1 Å². The molecule has 1 unspecified atom stereocenters. The summed E-state index contributed by atoms with van der Waals surface area (Å²) in [6, 6.07) is 0.535. The van der Waals surface area contributed by atoms with Crippen molar-refractivity contribution in [2.24, 2.45) is 0 Å². The Morgan fingerprint density at radius 1 is 1.50 bits per heavy atom. The van der Waals surface area contributed by atoms with E-state index in [1.54, 1.807) is 11.3 Å². The average Bonchev–Trinajstić information content (AvgIpc) is 3.03. The molecule has 0 aliphatic carbocycles. The number of nitrogen functional groups attached to an aromatic ring is 1. The van der Waals surface area contributed by atoms with Gasteiger partial charge in [0.15, 0.2) is 0 Å². The number of nitrogens with two attached hydrogens (primary N) is 1. The summed E-state index contributed by atoms with van der Waals surface area (Å²) in [5, 5.41) is 7.72. The molecular weight excluding hydrogens is 284 g/mol. The predicted molar refractivity (Wildman–Crippen MR) is 81.7 cm³/mol.